The van der Waals surface area contributed by atoms with E-state index in [0.717, 1.165) is 13.1 Å². The van der Waals surface area contributed by atoms with Crippen molar-refractivity contribution in [3.05, 3.63) is 65.5 Å². The molecular weight excluding hydrogens is 466 g/mol. The van der Waals surface area contributed by atoms with E-state index in [9.17, 15) is 14.4 Å². The van der Waals surface area contributed by atoms with Crippen LogP contribution in [0, 0.1) is 0 Å². The molecule has 1 saturated heterocycles. The highest BCUT2D eigenvalue weighted by molar-refractivity contribution is 6.00. The van der Waals surface area contributed by atoms with Crippen LogP contribution in [0.2, 0.25) is 0 Å². The van der Waals surface area contributed by atoms with Crippen molar-refractivity contribution >= 4 is 18.2 Å². The number of morpholine rings is 1. The highest BCUT2D eigenvalue weighted by Crippen LogP contribution is 2.26. The van der Waals surface area contributed by atoms with Crippen LogP contribution in [0.3, 0.4) is 0 Å². The molecule has 11 heteroatoms. The van der Waals surface area contributed by atoms with E-state index in [1.807, 2.05) is 0 Å². The van der Waals surface area contributed by atoms with Crippen LogP contribution in [0.5, 0.6) is 5.75 Å². The van der Waals surface area contributed by atoms with Gasteiger partial charge in [0.2, 0.25) is 0 Å². The van der Waals surface area contributed by atoms with Crippen LogP contribution in [0.15, 0.2) is 48.8 Å². The molecule has 1 aliphatic rings. The van der Waals surface area contributed by atoms with Crippen molar-refractivity contribution in [2.45, 2.75) is 6.61 Å². The Morgan fingerprint density at radius 2 is 1.94 bits per heavy atom. The van der Waals surface area contributed by atoms with Crippen molar-refractivity contribution in [1.29, 1.82) is 0 Å². The van der Waals surface area contributed by atoms with E-state index in [1.165, 1.54) is 16.9 Å². The Labute approximate surface area is 207 Å². The summed E-state index contributed by atoms with van der Waals surface area (Å²) in [6.07, 6.45) is 3.65. The van der Waals surface area contributed by atoms with Crippen molar-refractivity contribution in [2.75, 3.05) is 46.0 Å². The minimum atomic E-state index is -0.595. The summed E-state index contributed by atoms with van der Waals surface area (Å²) in [7, 11) is 0. The van der Waals surface area contributed by atoms with E-state index in [1.54, 1.807) is 36.5 Å². The third-order valence-electron chi connectivity index (χ3n) is 5.72. The van der Waals surface area contributed by atoms with Crippen LogP contribution < -0.4 is 10.5 Å². The van der Waals surface area contributed by atoms with Crippen LogP contribution in [-0.4, -0.2) is 83.8 Å². The molecule has 1 aliphatic heterocycles. The van der Waals surface area contributed by atoms with Crippen molar-refractivity contribution in [1.82, 2.24) is 19.7 Å². The molecule has 0 amide bonds. The lowest BCUT2D eigenvalue weighted by Crippen LogP contribution is -2.38. The molecule has 188 valence electrons. The van der Waals surface area contributed by atoms with Gasteiger partial charge in [-0.2, -0.15) is 9.78 Å². The molecule has 2 N–H and O–H groups in total. The Balaban J connectivity index is 1.47. The number of aldehydes is 1. The first kappa shape index (κ1) is 25.2. The summed E-state index contributed by atoms with van der Waals surface area (Å²) < 4.78 is 17.8. The number of ether oxygens (including phenoxy) is 3. The third kappa shape index (κ3) is 5.82. The molecule has 0 unspecified atom stereocenters. The number of carbonyl (C=O) groups excluding carboxylic acids is 3. The second-order valence-corrected chi connectivity index (χ2v) is 7.95. The Hall–Kier alpha value is -3.93. The maximum atomic E-state index is 12.7. The molecule has 0 spiro atoms. The number of hydrogen-bond acceptors (Lipinski definition) is 10. The fourth-order valence-electron chi connectivity index (χ4n) is 3.85. The Kier molecular flexibility index (Phi) is 8.50. The monoisotopic (exact) mass is 493 g/mol. The van der Waals surface area contributed by atoms with E-state index >= 15 is 0 Å². The Morgan fingerprint density at radius 3 is 2.72 bits per heavy atom. The van der Waals surface area contributed by atoms with Gasteiger partial charge in [-0.1, -0.05) is 12.1 Å². The van der Waals surface area contributed by atoms with Crippen molar-refractivity contribution in [3.63, 3.8) is 0 Å². The minimum Gasteiger partial charge on any atom is -0.488 e. The van der Waals surface area contributed by atoms with Crippen LogP contribution >= 0.6 is 0 Å². The van der Waals surface area contributed by atoms with Gasteiger partial charge in [0.25, 0.3) is 5.91 Å². The zero-order valence-corrected chi connectivity index (χ0v) is 19.7. The fourth-order valence-corrected chi connectivity index (χ4v) is 3.85. The molecule has 0 atom stereocenters. The summed E-state index contributed by atoms with van der Waals surface area (Å²) >= 11 is 0. The number of carbonyl (C=O) groups is 3. The largest absolute Gasteiger partial charge is 0.488 e. The van der Waals surface area contributed by atoms with Crippen LogP contribution in [0.4, 0.5) is 0 Å². The molecule has 0 radical (unpaired) electrons. The van der Waals surface area contributed by atoms with Gasteiger partial charge in [0, 0.05) is 31.4 Å². The molecule has 3 aromatic rings. The number of rotatable bonds is 10. The molecule has 4 rings (SSSR count). The highest BCUT2D eigenvalue weighted by atomic mass is 16.5. The van der Waals surface area contributed by atoms with Crippen LogP contribution in [0.1, 0.15) is 31.1 Å². The number of nitrogens with two attached hydrogens (primary N) is 1. The normalized spacial score (nSPS) is 13.8. The standard InChI is InChI=1S/C25H27N5O6/c26-15-23(32)30-21(6-8-28-30)24-18(3-2-7-27-24)17-36-22-5-1-4-19(20(22)16-31)25(33)35-14-11-29-9-12-34-13-10-29/h1-8,16H,9-15,17,26H2. The number of benzene rings is 1. The van der Waals surface area contributed by atoms with Gasteiger partial charge >= 0.3 is 5.97 Å². The topological polar surface area (TPSA) is 139 Å². The van der Waals surface area contributed by atoms with E-state index in [4.69, 9.17) is 19.9 Å². The lowest BCUT2D eigenvalue weighted by atomic mass is 10.1. The number of pyridine rings is 1. The molecule has 0 aliphatic carbocycles. The molecule has 3 heterocycles. The summed E-state index contributed by atoms with van der Waals surface area (Å²) in [6.45, 7) is 3.52. The minimum absolute atomic E-state index is 0.0293. The fraction of sp³-hybridized carbons (Fsp3) is 0.320. The van der Waals surface area contributed by atoms with E-state index in [-0.39, 0.29) is 42.5 Å². The molecule has 0 bridgehead atoms. The Bertz CT molecular complexity index is 1220. The van der Waals surface area contributed by atoms with Crippen LogP contribution in [-0.2, 0) is 16.1 Å². The van der Waals surface area contributed by atoms with Crippen LogP contribution in [0.25, 0.3) is 11.4 Å². The summed E-state index contributed by atoms with van der Waals surface area (Å²) in [5.41, 5.74) is 7.33. The van der Waals surface area contributed by atoms with Gasteiger partial charge in [-0.3, -0.25) is 19.5 Å². The average molecular weight is 494 g/mol. The maximum absolute atomic E-state index is 12.7. The van der Waals surface area contributed by atoms with E-state index < -0.39 is 5.97 Å². The number of nitrogens with zero attached hydrogens (tertiary/aromatic N) is 4. The molecule has 2 aromatic heterocycles. The molecular formula is C25H27N5O6. The van der Waals surface area contributed by atoms with Gasteiger partial charge in [-0.05, 0) is 24.3 Å². The van der Waals surface area contributed by atoms with Gasteiger partial charge in [0.15, 0.2) is 6.29 Å². The molecule has 0 saturated carbocycles. The average Bonchev–Trinajstić information content (AvgIpc) is 3.41. The first-order valence-electron chi connectivity index (χ1n) is 11.5. The van der Waals surface area contributed by atoms with Crippen molar-refractivity contribution < 1.29 is 28.6 Å². The second-order valence-electron chi connectivity index (χ2n) is 7.95. The number of hydrogen-bond donors (Lipinski definition) is 1. The lowest BCUT2D eigenvalue weighted by molar-refractivity contribution is 0.0195. The smallest absolute Gasteiger partial charge is 0.339 e. The first-order valence-corrected chi connectivity index (χ1v) is 11.5. The molecule has 11 nitrogen and oxygen atoms in total. The van der Waals surface area contributed by atoms with Crippen molar-refractivity contribution in [3.8, 4) is 17.1 Å². The highest BCUT2D eigenvalue weighted by Gasteiger charge is 2.20. The predicted molar refractivity (Wildman–Crippen MR) is 129 cm³/mol. The summed E-state index contributed by atoms with van der Waals surface area (Å²) in [4.78, 5) is 43.3. The van der Waals surface area contributed by atoms with Gasteiger partial charge in [0.1, 0.15) is 19.0 Å². The second kappa shape index (κ2) is 12.2. The number of esters is 1. The quantitative estimate of drug-likeness (QED) is 0.326. The van der Waals surface area contributed by atoms with E-state index in [0.29, 0.717) is 43.0 Å². The van der Waals surface area contributed by atoms with Gasteiger partial charge < -0.3 is 19.9 Å². The molecule has 1 aromatic carbocycles. The summed E-state index contributed by atoms with van der Waals surface area (Å²) in [5.74, 6) is -0.744. The maximum Gasteiger partial charge on any atom is 0.339 e. The first-order chi connectivity index (χ1) is 17.6. The molecule has 36 heavy (non-hydrogen) atoms. The molecule has 1 fully saturated rings. The van der Waals surface area contributed by atoms with Gasteiger partial charge in [-0.15, -0.1) is 0 Å². The lowest BCUT2D eigenvalue weighted by Gasteiger charge is -2.26. The zero-order chi connectivity index (χ0) is 25.3. The SMILES string of the molecule is NCC(=O)n1nccc1-c1ncccc1COc1cccc(C(=O)OCCN2CCOCC2)c1C=O. The summed E-state index contributed by atoms with van der Waals surface area (Å²) in [6, 6.07) is 9.93. The zero-order valence-electron chi connectivity index (χ0n) is 19.7. The predicted octanol–water partition coefficient (Wildman–Crippen LogP) is 1.42. The summed E-state index contributed by atoms with van der Waals surface area (Å²) in [5, 5.41) is 4.03. The van der Waals surface area contributed by atoms with Gasteiger partial charge in [-0.25, -0.2) is 4.79 Å². The Morgan fingerprint density at radius 1 is 1.11 bits per heavy atom. The third-order valence-corrected chi connectivity index (χ3v) is 5.72. The van der Waals surface area contributed by atoms with Gasteiger partial charge in [0.05, 0.1) is 48.5 Å². The van der Waals surface area contributed by atoms with Crippen molar-refractivity contribution in [2.24, 2.45) is 5.73 Å². The van der Waals surface area contributed by atoms with E-state index in [2.05, 4.69) is 15.0 Å². The number of aromatic nitrogens is 3.